The number of hydrogen-bond acceptors (Lipinski definition) is 7. The molecule has 33 heavy (non-hydrogen) atoms. The molecule has 8 nitrogen and oxygen atoms in total. The van der Waals surface area contributed by atoms with E-state index in [1.54, 1.807) is 17.9 Å². The van der Waals surface area contributed by atoms with Crippen LogP contribution in [0.2, 0.25) is 5.02 Å². The van der Waals surface area contributed by atoms with Gasteiger partial charge in [0.15, 0.2) is 6.61 Å². The second kappa shape index (κ2) is 12.4. The molecule has 2 aliphatic rings. The van der Waals surface area contributed by atoms with Crippen molar-refractivity contribution in [3.8, 4) is 5.75 Å². The summed E-state index contributed by atoms with van der Waals surface area (Å²) in [6.45, 7) is 4.57. The molecule has 178 valence electrons. The maximum Gasteiger partial charge on any atom is 0.338 e. The third kappa shape index (κ3) is 7.07. The molecule has 0 unspecified atom stereocenters. The molecule has 2 aliphatic heterocycles. The van der Waals surface area contributed by atoms with Crippen molar-refractivity contribution in [1.82, 2.24) is 10.2 Å². The number of carbonyl (C=O) groups is 2. The van der Waals surface area contributed by atoms with Crippen LogP contribution in [0.25, 0.3) is 0 Å². The molecule has 0 spiro atoms. The van der Waals surface area contributed by atoms with Crippen molar-refractivity contribution in [2.75, 3.05) is 39.4 Å². The van der Waals surface area contributed by atoms with Gasteiger partial charge in [0.25, 0.3) is 5.91 Å². The van der Waals surface area contributed by atoms with Gasteiger partial charge in [-0.3, -0.25) is 4.79 Å². The third-order valence-electron chi connectivity index (χ3n) is 5.44. The summed E-state index contributed by atoms with van der Waals surface area (Å²) in [7, 11) is 0. The van der Waals surface area contributed by atoms with E-state index in [0.29, 0.717) is 41.9 Å². The monoisotopic (exact) mass is 475 g/mol. The van der Waals surface area contributed by atoms with E-state index < -0.39 is 5.97 Å². The Morgan fingerprint density at radius 3 is 2.76 bits per heavy atom. The van der Waals surface area contributed by atoms with Crippen LogP contribution in [0.1, 0.15) is 40.7 Å². The van der Waals surface area contributed by atoms with E-state index in [2.05, 4.69) is 10.5 Å². The van der Waals surface area contributed by atoms with Gasteiger partial charge in [-0.05, 0) is 49.5 Å². The van der Waals surface area contributed by atoms with Crippen LogP contribution in [0.5, 0.6) is 5.75 Å². The van der Waals surface area contributed by atoms with Gasteiger partial charge < -0.3 is 24.9 Å². The number of phenolic OH excluding ortho intramolecular Hbond substituents is 1. The summed E-state index contributed by atoms with van der Waals surface area (Å²) in [6, 6.07) is 1.45. The molecule has 2 N–H and O–H groups in total. The van der Waals surface area contributed by atoms with Crippen molar-refractivity contribution < 1.29 is 24.3 Å². The number of amides is 1. The fourth-order valence-corrected chi connectivity index (χ4v) is 3.93. The molecule has 0 aromatic heterocycles. The first kappa shape index (κ1) is 24.8. The maximum absolute atomic E-state index is 12.8. The van der Waals surface area contributed by atoms with Gasteiger partial charge in [0.2, 0.25) is 0 Å². The van der Waals surface area contributed by atoms with Crippen LogP contribution in [-0.4, -0.2) is 67.0 Å². The number of nitrogens with zero attached hydrogens (tertiary/aromatic N) is 2. The van der Waals surface area contributed by atoms with Gasteiger partial charge in [0.05, 0.1) is 22.9 Å². The zero-order valence-electron chi connectivity index (χ0n) is 18.8. The zero-order valence-corrected chi connectivity index (χ0v) is 19.6. The van der Waals surface area contributed by atoms with Crippen molar-refractivity contribution in [3.05, 3.63) is 52.1 Å². The van der Waals surface area contributed by atoms with Gasteiger partial charge in [0, 0.05) is 32.6 Å². The molecular formula is C24H30ClN3O5. The Hall–Kier alpha value is -2.84. The number of ether oxygens (including phenoxy) is 1. The second-order valence-electron chi connectivity index (χ2n) is 7.92. The van der Waals surface area contributed by atoms with Gasteiger partial charge >= 0.3 is 5.97 Å². The van der Waals surface area contributed by atoms with E-state index in [9.17, 15) is 14.7 Å². The minimum absolute atomic E-state index is 0.0672. The molecule has 0 aliphatic carbocycles. The molecule has 1 aromatic carbocycles. The predicted molar refractivity (Wildman–Crippen MR) is 127 cm³/mol. The number of cyclic esters (lactones) is 1. The van der Waals surface area contributed by atoms with E-state index in [-0.39, 0.29) is 36.3 Å². The fraction of sp³-hybridized carbons (Fsp3) is 0.458. The van der Waals surface area contributed by atoms with Crippen molar-refractivity contribution >= 4 is 29.2 Å². The SMILES string of the molecule is Cc1cc(O)c(Cl)c2c1C(=O)OCC/C=C/CC/C=C/C(=N\OCC(=O)N1CCNCC1)C2. The van der Waals surface area contributed by atoms with Crippen LogP contribution in [0.4, 0.5) is 0 Å². The average Bonchev–Trinajstić information content (AvgIpc) is 2.80. The minimum Gasteiger partial charge on any atom is -0.506 e. The number of carbonyl (C=O) groups excluding carboxylic acids is 2. The highest BCUT2D eigenvalue weighted by Gasteiger charge is 2.23. The number of hydrogen-bond donors (Lipinski definition) is 2. The van der Waals surface area contributed by atoms with Crippen LogP contribution in [-0.2, 0) is 20.8 Å². The highest BCUT2D eigenvalue weighted by Crippen LogP contribution is 2.33. The molecule has 0 bridgehead atoms. The Kier molecular flexibility index (Phi) is 9.33. The molecule has 1 aromatic rings. The van der Waals surface area contributed by atoms with Crippen LogP contribution >= 0.6 is 11.6 Å². The Bertz CT molecular complexity index is 952. The van der Waals surface area contributed by atoms with E-state index in [4.69, 9.17) is 21.2 Å². The van der Waals surface area contributed by atoms with Crippen molar-refractivity contribution in [2.24, 2.45) is 5.16 Å². The van der Waals surface area contributed by atoms with E-state index >= 15 is 0 Å². The van der Waals surface area contributed by atoms with Gasteiger partial charge in [-0.2, -0.15) is 0 Å². The molecule has 1 fully saturated rings. The first-order chi connectivity index (χ1) is 16.0. The number of nitrogens with one attached hydrogen (secondary N) is 1. The number of benzene rings is 1. The molecule has 0 radical (unpaired) electrons. The number of oxime groups is 1. The minimum atomic E-state index is -0.506. The molecule has 0 saturated carbocycles. The molecule has 2 heterocycles. The lowest BCUT2D eigenvalue weighted by Crippen LogP contribution is -2.47. The lowest BCUT2D eigenvalue weighted by Gasteiger charge is -2.26. The molecular weight excluding hydrogens is 446 g/mol. The quantitative estimate of drug-likeness (QED) is 0.395. The highest BCUT2D eigenvalue weighted by molar-refractivity contribution is 6.33. The summed E-state index contributed by atoms with van der Waals surface area (Å²) in [5.74, 6) is -0.762. The van der Waals surface area contributed by atoms with Crippen molar-refractivity contribution in [1.29, 1.82) is 0 Å². The Morgan fingerprint density at radius 2 is 1.97 bits per heavy atom. The largest absolute Gasteiger partial charge is 0.506 e. The van der Waals surface area contributed by atoms with Crippen molar-refractivity contribution in [3.63, 3.8) is 0 Å². The van der Waals surface area contributed by atoms with Crippen LogP contribution < -0.4 is 5.32 Å². The highest BCUT2D eigenvalue weighted by atomic mass is 35.5. The number of phenols is 1. The number of allylic oxidation sites excluding steroid dienone is 3. The number of aromatic hydroxyl groups is 1. The average molecular weight is 476 g/mol. The second-order valence-corrected chi connectivity index (χ2v) is 8.30. The van der Waals surface area contributed by atoms with Crippen LogP contribution in [0.15, 0.2) is 35.5 Å². The maximum atomic E-state index is 12.8. The number of piperazine rings is 1. The Morgan fingerprint density at radius 1 is 1.24 bits per heavy atom. The predicted octanol–water partition coefficient (Wildman–Crippen LogP) is 3.15. The molecule has 3 rings (SSSR count). The number of esters is 1. The number of halogens is 1. The van der Waals surface area contributed by atoms with Gasteiger partial charge in [-0.25, -0.2) is 4.79 Å². The molecule has 1 amide bonds. The van der Waals surface area contributed by atoms with Crippen LogP contribution in [0.3, 0.4) is 0 Å². The van der Waals surface area contributed by atoms with Gasteiger partial charge in [-0.1, -0.05) is 35.0 Å². The molecule has 9 heteroatoms. The topological polar surface area (TPSA) is 100 Å². The standard InChI is InChI=1S/C24H30ClN3O5/c1-17-14-20(29)23(25)19-15-18(27-33-16-21(30)28-11-9-26-10-12-28)8-6-4-2-3-5-7-13-32-24(31)22(17)19/h3,5-6,8,14,26,29H,2,4,7,9-13,15-16H2,1H3/b5-3+,8-6+,27-18+. The lowest BCUT2D eigenvalue weighted by molar-refractivity contribution is -0.136. The molecule has 1 saturated heterocycles. The fourth-order valence-electron chi connectivity index (χ4n) is 3.71. The number of fused-ring (bicyclic) bond motifs is 1. The Labute approximate surface area is 198 Å². The smallest absolute Gasteiger partial charge is 0.338 e. The first-order valence-corrected chi connectivity index (χ1v) is 11.5. The summed E-state index contributed by atoms with van der Waals surface area (Å²) >= 11 is 6.40. The van der Waals surface area contributed by atoms with E-state index in [1.165, 1.54) is 6.07 Å². The number of rotatable bonds is 3. The lowest BCUT2D eigenvalue weighted by atomic mass is 9.96. The van der Waals surface area contributed by atoms with Gasteiger partial charge in [-0.15, -0.1) is 0 Å². The number of aryl methyl sites for hydroxylation is 1. The van der Waals surface area contributed by atoms with Crippen molar-refractivity contribution in [2.45, 2.75) is 32.6 Å². The molecule has 0 atom stereocenters. The zero-order chi connectivity index (χ0) is 23.6. The van der Waals surface area contributed by atoms with E-state index in [1.807, 2.05) is 18.2 Å². The Balaban J connectivity index is 1.86. The summed E-state index contributed by atoms with van der Waals surface area (Å²) < 4.78 is 5.43. The van der Waals surface area contributed by atoms with Crippen LogP contribution in [0, 0.1) is 6.92 Å². The first-order valence-electron chi connectivity index (χ1n) is 11.1. The normalized spacial score (nSPS) is 21.0. The third-order valence-corrected chi connectivity index (χ3v) is 5.86. The van der Waals surface area contributed by atoms with E-state index in [0.717, 1.165) is 25.9 Å². The summed E-state index contributed by atoms with van der Waals surface area (Å²) in [6.07, 6.45) is 10.1. The summed E-state index contributed by atoms with van der Waals surface area (Å²) in [4.78, 5) is 32.3. The summed E-state index contributed by atoms with van der Waals surface area (Å²) in [5.41, 5.74) is 1.74. The summed E-state index contributed by atoms with van der Waals surface area (Å²) in [5, 5.41) is 17.7. The van der Waals surface area contributed by atoms with Gasteiger partial charge in [0.1, 0.15) is 5.75 Å².